The second kappa shape index (κ2) is 6.53. The molecular formula is C17H21N3. The van der Waals surface area contributed by atoms with Crippen LogP contribution in [0, 0.1) is 0 Å². The molecule has 2 aliphatic rings. The van der Waals surface area contributed by atoms with Gasteiger partial charge >= 0.3 is 0 Å². The second-order valence-corrected chi connectivity index (χ2v) is 5.28. The molecule has 0 aromatic heterocycles. The third kappa shape index (κ3) is 3.17. The van der Waals surface area contributed by atoms with Crippen LogP contribution in [0.5, 0.6) is 0 Å². The number of allylic oxidation sites excluding steroid dienone is 1. The van der Waals surface area contributed by atoms with E-state index in [1.165, 1.54) is 29.7 Å². The van der Waals surface area contributed by atoms with Crippen LogP contribution in [0.25, 0.3) is 0 Å². The van der Waals surface area contributed by atoms with Gasteiger partial charge in [0.1, 0.15) is 0 Å². The molecule has 20 heavy (non-hydrogen) atoms. The summed E-state index contributed by atoms with van der Waals surface area (Å²) in [4.78, 5) is 4.29. The van der Waals surface area contributed by atoms with Crippen LogP contribution in [0.3, 0.4) is 0 Å². The monoisotopic (exact) mass is 267 g/mol. The van der Waals surface area contributed by atoms with E-state index in [1.807, 2.05) is 18.5 Å². The van der Waals surface area contributed by atoms with E-state index >= 15 is 0 Å². The Labute approximate surface area is 120 Å². The number of benzene rings is 1. The van der Waals surface area contributed by atoms with Gasteiger partial charge < -0.3 is 10.6 Å². The number of nitrogens with zero attached hydrogens (tertiary/aromatic N) is 1. The van der Waals surface area contributed by atoms with Gasteiger partial charge in [-0.1, -0.05) is 30.3 Å². The third-order valence-electron chi connectivity index (χ3n) is 3.82. The molecule has 3 rings (SSSR count). The van der Waals surface area contributed by atoms with Gasteiger partial charge in [-0.25, -0.2) is 0 Å². The van der Waals surface area contributed by atoms with E-state index in [1.54, 1.807) is 0 Å². The number of hydrogen-bond donors (Lipinski definition) is 2. The molecule has 1 saturated heterocycles. The Hall–Kier alpha value is -1.87. The lowest BCUT2D eigenvalue weighted by molar-refractivity contribution is 0.571. The highest BCUT2D eigenvalue weighted by Crippen LogP contribution is 2.20. The number of hydrogen-bond acceptors (Lipinski definition) is 3. The normalized spacial score (nSPS) is 25.5. The molecule has 0 spiro atoms. The molecule has 2 heterocycles. The third-order valence-corrected chi connectivity index (χ3v) is 3.82. The summed E-state index contributed by atoms with van der Waals surface area (Å²) in [5, 5.41) is 7.13. The molecule has 1 fully saturated rings. The van der Waals surface area contributed by atoms with E-state index in [2.05, 4.69) is 46.0 Å². The second-order valence-electron chi connectivity index (χ2n) is 5.28. The Morgan fingerprint density at radius 1 is 1.20 bits per heavy atom. The Balaban J connectivity index is 1.70. The summed E-state index contributed by atoms with van der Waals surface area (Å²) >= 11 is 0. The highest BCUT2D eigenvalue weighted by atomic mass is 15.0. The zero-order chi connectivity index (χ0) is 13.6. The van der Waals surface area contributed by atoms with Crippen molar-refractivity contribution in [3.05, 3.63) is 59.4 Å². The van der Waals surface area contributed by atoms with E-state index in [4.69, 9.17) is 0 Å². The number of aliphatic imine (C=N–C) groups is 1. The van der Waals surface area contributed by atoms with Crippen LogP contribution in [0.1, 0.15) is 24.8 Å². The SMILES string of the molecule is C1=CC(=C2CCCCN2)C(NCc2ccccc2)C=N1. The minimum atomic E-state index is 0.209. The first-order valence-corrected chi connectivity index (χ1v) is 7.37. The first kappa shape index (κ1) is 13.1. The van der Waals surface area contributed by atoms with Gasteiger partial charge in [0.2, 0.25) is 0 Å². The first-order valence-electron chi connectivity index (χ1n) is 7.37. The van der Waals surface area contributed by atoms with Gasteiger partial charge in [-0.3, -0.25) is 4.99 Å². The quantitative estimate of drug-likeness (QED) is 0.883. The maximum Gasteiger partial charge on any atom is 0.0700 e. The zero-order valence-corrected chi connectivity index (χ0v) is 11.7. The molecule has 0 amide bonds. The minimum Gasteiger partial charge on any atom is -0.388 e. The molecular weight excluding hydrogens is 246 g/mol. The predicted octanol–water partition coefficient (Wildman–Crippen LogP) is 2.77. The summed E-state index contributed by atoms with van der Waals surface area (Å²) in [6.07, 6.45) is 9.73. The van der Waals surface area contributed by atoms with Crippen LogP contribution in [-0.2, 0) is 6.54 Å². The highest BCUT2D eigenvalue weighted by molar-refractivity contribution is 5.73. The van der Waals surface area contributed by atoms with Crippen LogP contribution < -0.4 is 10.6 Å². The van der Waals surface area contributed by atoms with Gasteiger partial charge in [0, 0.05) is 31.2 Å². The van der Waals surface area contributed by atoms with Crippen molar-refractivity contribution in [1.82, 2.24) is 10.6 Å². The Morgan fingerprint density at radius 3 is 2.90 bits per heavy atom. The lowest BCUT2D eigenvalue weighted by Gasteiger charge is -2.25. The molecule has 1 aromatic carbocycles. The van der Waals surface area contributed by atoms with Crippen molar-refractivity contribution in [3.8, 4) is 0 Å². The molecule has 0 saturated carbocycles. The van der Waals surface area contributed by atoms with Crippen LogP contribution in [-0.4, -0.2) is 18.8 Å². The van der Waals surface area contributed by atoms with E-state index in [0.717, 1.165) is 19.5 Å². The first-order chi connectivity index (χ1) is 9.93. The van der Waals surface area contributed by atoms with E-state index in [0.29, 0.717) is 0 Å². The summed E-state index contributed by atoms with van der Waals surface area (Å²) in [5.74, 6) is 0. The lowest BCUT2D eigenvalue weighted by atomic mass is 9.98. The zero-order valence-electron chi connectivity index (χ0n) is 11.7. The summed E-state index contributed by atoms with van der Waals surface area (Å²) < 4.78 is 0. The number of rotatable bonds is 3. The van der Waals surface area contributed by atoms with Gasteiger partial charge in [-0.05, 0) is 36.5 Å². The van der Waals surface area contributed by atoms with Gasteiger partial charge in [0.25, 0.3) is 0 Å². The average molecular weight is 267 g/mol. The van der Waals surface area contributed by atoms with Gasteiger partial charge in [-0.2, -0.15) is 0 Å². The molecule has 0 radical (unpaired) electrons. The summed E-state index contributed by atoms with van der Waals surface area (Å²) in [7, 11) is 0. The maximum absolute atomic E-state index is 4.29. The van der Waals surface area contributed by atoms with Crippen molar-refractivity contribution in [2.75, 3.05) is 6.54 Å². The maximum atomic E-state index is 4.29. The molecule has 3 nitrogen and oxygen atoms in total. The van der Waals surface area contributed by atoms with Crippen molar-refractivity contribution >= 4 is 6.21 Å². The van der Waals surface area contributed by atoms with Crippen LogP contribution in [0.4, 0.5) is 0 Å². The molecule has 1 atom stereocenters. The molecule has 3 heteroatoms. The van der Waals surface area contributed by atoms with E-state index in [-0.39, 0.29) is 6.04 Å². The summed E-state index contributed by atoms with van der Waals surface area (Å²) in [6, 6.07) is 10.7. The van der Waals surface area contributed by atoms with Crippen molar-refractivity contribution in [2.45, 2.75) is 31.8 Å². The fraction of sp³-hybridized carbons (Fsp3) is 0.353. The van der Waals surface area contributed by atoms with Gasteiger partial charge in [-0.15, -0.1) is 0 Å². The molecule has 2 N–H and O–H groups in total. The molecule has 104 valence electrons. The summed E-state index contributed by atoms with van der Waals surface area (Å²) in [6.45, 7) is 1.96. The number of nitrogens with one attached hydrogen (secondary N) is 2. The highest BCUT2D eigenvalue weighted by Gasteiger charge is 2.18. The standard InChI is InChI=1S/C17H21N3/c1-2-6-14(7-3-1)12-20-17-13-18-11-9-15(17)16-8-4-5-10-19-16/h1-3,6-7,9,11,13,17,19-20H,4-5,8,10,12H2. The van der Waals surface area contributed by atoms with Crippen LogP contribution >= 0.6 is 0 Å². The Morgan fingerprint density at radius 2 is 2.10 bits per heavy atom. The lowest BCUT2D eigenvalue weighted by Crippen LogP contribution is -2.35. The minimum absolute atomic E-state index is 0.209. The van der Waals surface area contributed by atoms with Crippen LogP contribution in [0.15, 0.2) is 58.9 Å². The van der Waals surface area contributed by atoms with Crippen molar-refractivity contribution in [3.63, 3.8) is 0 Å². The van der Waals surface area contributed by atoms with Gasteiger partial charge in [0.05, 0.1) is 6.04 Å². The molecule has 1 unspecified atom stereocenters. The smallest absolute Gasteiger partial charge is 0.0700 e. The van der Waals surface area contributed by atoms with Crippen molar-refractivity contribution < 1.29 is 0 Å². The van der Waals surface area contributed by atoms with E-state index in [9.17, 15) is 0 Å². The predicted molar refractivity (Wildman–Crippen MR) is 83.6 cm³/mol. The fourth-order valence-corrected chi connectivity index (χ4v) is 2.72. The van der Waals surface area contributed by atoms with Crippen LogP contribution in [0.2, 0.25) is 0 Å². The summed E-state index contributed by atoms with van der Waals surface area (Å²) in [5.41, 5.74) is 4.02. The fourth-order valence-electron chi connectivity index (χ4n) is 2.72. The van der Waals surface area contributed by atoms with Gasteiger partial charge in [0.15, 0.2) is 0 Å². The van der Waals surface area contributed by atoms with E-state index < -0.39 is 0 Å². The van der Waals surface area contributed by atoms with Crippen molar-refractivity contribution in [1.29, 1.82) is 0 Å². The molecule has 0 bridgehead atoms. The molecule has 2 aliphatic heterocycles. The average Bonchev–Trinajstić information content (AvgIpc) is 2.55. The number of piperidine rings is 1. The van der Waals surface area contributed by atoms with Crippen molar-refractivity contribution in [2.24, 2.45) is 4.99 Å². The molecule has 1 aromatic rings. The largest absolute Gasteiger partial charge is 0.388 e. The molecule has 0 aliphatic carbocycles. The topological polar surface area (TPSA) is 36.4 Å². The Bertz CT molecular complexity index is 520. The Kier molecular flexibility index (Phi) is 4.28.